The van der Waals surface area contributed by atoms with Gasteiger partial charge >= 0.3 is 0 Å². The molecule has 0 aromatic heterocycles. The molecule has 0 spiro atoms. The van der Waals surface area contributed by atoms with Crippen molar-refractivity contribution in [2.24, 2.45) is 0 Å². The molecule has 0 heterocycles. The van der Waals surface area contributed by atoms with Crippen molar-refractivity contribution >= 4 is 28.9 Å². The smallest absolute Gasteiger partial charge is 0.160 e. The molecular formula is C13H9Cl2F2NO. The summed E-state index contributed by atoms with van der Waals surface area (Å²) in [5, 5.41) is 13.1. The van der Waals surface area contributed by atoms with Gasteiger partial charge in [-0.2, -0.15) is 0 Å². The van der Waals surface area contributed by atoms with Gasteiger partial charge < -0.3 is 10.4 Å². The number of rotatable bonds is 3. The summed E-state index contributed by atoms with van der Waals surface area (Å²) in [6, 6.07) is 6.39. The maximum atomic E-state index is 13.0. The molecule has 0 aliphatic rings. The van der Waals surface area contributed by atoms with Gasteiger partial charge in [0.2, 0.25) is 0 Å². The Balaban J connectivity index is 2.16. The summed E-state index contributed by atoms with van der Waals surface area (Å²) >= 11 is 11.6. The van der Waals surface area contributed by atoms with Crippen LogP contribution < -0.4 is 5.32 Å². The normalized spacial score (nSPS) is 10.5. The minimum Gasteiger partial charge on any atom is -0.506 e. The SMILES string of the molecule is Oc1c(Cl)cc(Cl)cc1CNc1ccc(F)c(F)c1. The molecule has 19 heavy (non-hydrogen) atoms. The Morgan fingerprint density at radius 3 is 2.47 bits per heavy atom. The fourth-order valence-electron chi connectivity index (χ4n) is 1.56. The fourth-order valence-corrected chi connectivity index (χ4v) is 2.09. The molecule has 0 amide bonds. The molecule has 0 unspecified atom stereocenters. The molecule has 0 aliphatic carbocycles. The lowest BCUT2D eigenvalue weighted by molar-refractivity contribution is 0.469. The van der Waals surface area contributed by atoms with Crippen LogP contribution in [0.15, 0.2) is 30.3 Å². The molecule has 100 valence electrons. The molecular weight excluding hydrogens is 295 g/mol. The maximum Gasteiger partial charge on any atom is 0.160 e. The number of halogens is 4. The Bertz CT molecular complexity index is 620. The van der Waals surface area contributed by atoms with Gasteiger partial charge in [-0.3, -0.25) is 0 Å². The van der Waals surface area contributed by atoms with E-state index in [1.807, 2.05) is 0 Å². The van der Waals surface area contributed by atoms with Crippen molar-refractivity contribution in [3.8, 4) is 5.75 Å². The Kier molecular flexibility index (Phi) is 4.12. The highest BCUT2D eigenvalue weighted by Crippen LogP contribution is 2.31. The van der Waals surface area contributed by atoms with E-state index in [-0.39, 0.29) is 17.3 Å². The van der Waals surface area contributed by atoms with E-state index >= 15 is 0 Å². The molecule has 0 aliphatic heterocycles. The third kappa shape index (κ3) is 3.28. The predicted octanol–water partition coefficient (Wildman–Crippen LogP) is 4.59. The summed E-state index contributed by atoms with van der Waals surface area (Å²) in [5.74, 6) is -1.96. The molecule has 0 radical (unpaired) electrons. The van der Waals surface area contributed by atoms with Gasteiger partial charge in [0, 0.05) is 28.9 Å². The first-order valence-electron chi connectivity index (χ1n) is 5.33. The zero-order chi connectivity index (χ0) is 14.0. The minimum atomic E-state index is -0.946. The van der Waals surface area contributed by atoms with Crippen LogP contribution in [0.1, 0.15) is 5.56 Å². The van der Waals surface area contributed by atoms with Crippen LogP contribution in [-0.4, -0.2) is 5.11 Å². The summed E-state index contributed by atoms with van der Waals surface area (Å²) in [4.78, 5) is 0. The lowest BCUT2D eigenvalue weighted by atomic mass is 10.2. The lowest BCUT2D eigenvalue weighted by Gasteiger charge is -2.10. The Morgan fingerprint density at radius 2 is 1.79 bits per heavy atom. The number of hydrogen-bond donors (Lipinski definition) is 2. The molecule has 2 rings (SSSR count). The van der Waals surface area contributed by atoms with Crippen molar-refractivity contribution < 1.29 is 13.9 Å². The second kappa shape index (κ2) is 5.63. The van der Waals surface area contributed by atoms with Crippen molar-refractivity contribution in [3.05, 3.63) is 57.6 Å². The topological polar surface area (TPSA) is 32.3 Å². The maximum absolute atomic E-state index is 13.0. The van der Waals surface area contributed by atoms with Crippen molar-refractivity contribution in [2.45, 2.75) is 6.54 Å². The summed E-state index contributed by atoms with van der Waals surface area (Å²) in [6.07, 6.45) is 0. The number of benzene rings is 2. The zero-order valence-corrected chi connectivity index (χ0v) is 11.1. The minimum absolute atomic E-state index is 0.0962. The largest absolute Gasteiger partial charge is 0.506 e. The van der Waals surface area contributed by atoms with Gasteiger partial charge in [-0.1, -0.05) is 23.2 Å². The van der Waals surface area contributed by atoms with Gasteiger partial charge in [-0.15, -0.1) is 0 Å². The Morgan fingerprint density at radius 1 is 1.05 bits per heavy atom. The second-order valence-corrected chi connectivity index (χ2v) is 4.72. The van der Waals surface area contributed by atoms with E-state index in [1.54, 1.807) is 0 Å². The quantitative estimate of drug-likeness (QED) is 0.869. The highest BCUT2D eigenvalue weighted by atomic mass is 35.5. The van der Waals surface area contributed by atoms with E-state index in [9.17, 15) is 13.9 Å². The first kappa shape index (κ1) is 13.9. The molecule has 2 aromatic rings. The van der Waals surface area contributed by atoms with Gasteiger partial charge in [-0.05, 0) is 24.3 Å². The van der Waals surface area contributed by atoms with Crippen molar-refractivity contribution in [1.82, 2.24) is 0 Å². The van der Waals surface area contributed by atoms with Crippen molar-refractivity contribution in [2.75, 3.05) is 5.32 Å². The molecule has 2 aromatic carbocycles. The monoisotopic (exact) mass is 303 g/mol. The van der Waals surface area contributed by atoms with E-state index in [4.69, 9.17) is 23.2 Å². The lowest BCUT2D eigenvalue weighted by Crippen LogP contribution is -2.01. The van der Waals surface area contributed by atoms with Crippen LogP contribution in [0.4, 0.5) is 14.5 Å². The van der Waals surface area contributed by atoms with Gasteiger partial charge in [0.15, 0.2) is 11.6 Å². The van der Waals surface area contributed by atoms with Crippen LogP contribution in [0.3, 0.4) is 0 Å². The average Bonchev–Trinajstić information content (AvgIpc) is 2.36. The highest BCUT2D eigenvalue weighted by molar-refractivity contribution is 6.35. The first-order chi connectivity index (χ1) is 8.97. The van der Waals surface area contributed by atoms with Gasteiger partial charge in [0.25, 0.3) is 0 Å². The van der Waals surface area contributed by atoms with Crippen LogP contribution in [0, 0.1) is 11.6 Å². The number of nitrogens with one attached hydrogen (secondary N) is 1. The van der Waals surface area contributed by atoms with E-state index in [0.29, 0.717) is 16.3 Å². The molecule has 0 saturated heterocycles. The van der Waals surface area contributed by atoms with Gasteiger partial charge in [0.05, 0.1) is 5.02 Å². The van der Waals surface area contributed by atoms with Crippen LogP contribution in [0.25, 0.3) is 0 Å². The number of anilines is 1. The molecule has 6 heteroatoms. The number of phenols is 1. The van der Waals surface area contributed by atoms with E-state index in [1.165, 1.54) is 18.2 Å². The van der Waals surface area contributed by atoms with Crippen molar-refractivity contribution in [3.63, 3.8) is 0 Å². The molecule has 0 saturated carbocycles. The number of phenolic OH excluding ortho intramolecular Hbond substituents is 1. The fraction of sp³-hybridized carbons (Fsp3) is 0.0769. The summed E-state index contributed by atoms with van der Waals surface area (Å²) in [5.41, 5.74) is 0.844. The standard InChI is InChI=1S/C13H9Cl2F2NO/c14-8-3-7(13(19)10(15)4-8)6-18-9-1-2-11(16)12(17)5-9/h1-5,18-19H,6H2. The third-order valence-electron chi connectivity index (χ3n) is 2.51. The Hall–Kier alpha value is -1.52. The predicted molar refractivity (Wildman–Crippen MR) is 71.8 cm³/mol. The first-order valence-corrected chi connectivity index (χ1v) is 6.09. The van der Waals surface area contributed by atoms with E-state index in [0.717, 1.165) is 12.1 Å². The van der Waals surface area contributed by atoms with E-state index < -0.39 is 11.6 Å². The van der Waals surface area contributed by atoms with Gasteiger partial charge in [-0.25, -0.2) is 8.78 Å². The van der Waals surface area contributed by atoms with E-state index in [2.05, 4.69) is 5.32 Å². The molecule has 0 fully saturated rings. The second-order valence-electron chi connectivity index (χ2n) is 3.88. The summed E-state index contributed by atoms with van der Waals surface area (Å²) in [6.45, 7) is 0.178. The van der Waals surface area contributed by atoms with Crippen LogP contribution in [-0.2, 0) is 6.54 Å². The Labute approximate surface area is 118 Å². The molecule has 0 bridgehead atoms. The van der Waals surface area contributed by atoms with Crippen LogP contribution >= 0.6 is 23.2 Å². The number of hydrogen-bond acceptors (Lipinski definition) is 2. The molecule has 2 nitrogen and oxygen atoms in total. The summed E-state index contributed by atoms with van der Waals surface area (Å²) < 4.78 is 25.8. The zero-order valence-electron chi connectivity index (χ0n) is 9.55. The molecule has 2 N–H and O–H groups in total. The highest BCUT2D eigenvalue weighted by Gasteiger charge is 2.08. The molecule has 0 atom stereocenters. The van der Waals surface area contributed by atoms with Gasteiger partial charge in [0.1, 0.15) is 5.75 Å². The average molecular weight is 304 g/mol. The van der Waals surface area contributed by atoms with Crippen LogP contribution in [0.2, 0.25) is 10.0 Å². The number of aromatic hydroxyl groups is 1. The third-order valence-corrected chi connectivity index (χ3v) is 3.02. The van der Waals surface area contributed by atoms with Crippen molar-refractivity contribution in [1.29, 1.82) is 0 Å². The summed E-state index contributed by atoms with van der Waals surface area (Å²) in [7, 11) is 0. The van der Waals surface area contributed by atoms with Crippen LogP contribution in [0.5, 0.6) is 5.75 Å².